The van der Waals surface area contributed by atoms with E-state index in [1.165, 1.54) is 0 Å². The standard InChI is InChI=1S/C12H21FN2O/c13-5-1-10-3-7-15(8-4-10)12(16)11-2-6-14-9-11/h10-11,14H,1-9H2/t11-/m0/s1. The Morgan fingerprint density at radius 3 is 2.62 bits per heavy atom. The number of amides is 1. The molecule has 1 N–H and O–H groups in total. The first-order chi connectivity index (χ1) is 7.81. The van der Waals surface area contributed by atoms with Crippen LogP contribution in [0.5, 0.6) is 0 Å². The maximum atomic E-state index is 12.2. The fourth-order valence-electron chi connectivity index (χ4n) is 2.72. The van der Waals surface area contributed by atoms with Gasteiger partial charge in [0.15, 0.2) is 0 Å². The first kappa shape index (κ1) is 11.8. The van der Waals surface area contributed by atoms with Crippen LogP contribution in [0.1, 0.15) is 25.7 Å². The smallest absolute Gasteiger partial charge is 0.227 e. The summed E-state index contributed by atoms with van der Waals surface area (Å²) < 4.78 is 12.2. The molecule has 0 unspecified atom stereocenters. The van der Waals surface area contributed by atoms with Gasteiger partial charge in [-0.05, 0) is 38.1 Å². The summed E-state index contributed by atoms with van der Waals surface area (Å²) in [5, 5.41) is 3.22. The number of carbonyl (C=O) groups is 1. The Hall–Kier alpha value is -0.640. The van der Waals surface area contributed by atoms with Crippen LogP contribution in [-0.4, -0.2) is 43.7 Å². The van der Waals surface area contributed by atoms with Crippen LogP contribution in [0.2, 0.25) is 0 Å². The Bertz CT molecular complexity index is 233. The van der Waals surface area contributed by atoms with E-state index in [0.29, 0.717) is 18.2 Å². The number of nitrogens with zero attached hydrogens (tertiary/aromatic N) is 1. The minimum absolute atomic E-state index is 0.192. The largest absolute Gasteiger partial charge is 0.342 e. The monoisotopic (exact) mass is 228 g/mol. The van der Waals surface area contributed by atoms with Crippen molar-refractivity contribution in [3.63, 3.8) is 0 Å². The minimum atomic E-state index is -0.217. The van der Waals surface area contributed by atoms with E-state index in [1.807, 2.05) is 4.90 Å². The molecule has 0 aliphatic carbocycles. The molecule has 16 heavy (non-hydrogen) atoms. The molecule has 3 nitrogen and oxygen atoms in total. The molecular formula is C12H21FN2O. The van der Waals surface area contributed by atoms with Gasteiger partial charge in [0, 0.05) is 19.6 Å². The molecule has 2 aliphatic rings. The number of halogens is 1. The van der Waals surface area contributed by atoms with Crippen molar-refractivity contribution in [2.45, 2.75) is 25.7 Å². The van der Waals surface area contributed by atoms with E-state index in [0.717, 1.165) is 45.4 Å². The highest BCUT2D eigenvalue weighted by Crippen LogP contribution is 2.22. The van der Waals surface area contributed by atoms with Gasteiger partial charge in [-0.25, -0.2) is 0 Å². The number of rotatable bonds is 3. The highest BCUT2D eigenvalue weighted by Gasteiger charge is 2.29. The van der Waals surface area contributed by atoms with Gasteiger partial charge in [-0.15, -0.1) is 0 Å². The lowest BCUT2D eigenvalue weighted by molar-refractivity contribution is -0.136. The van der Waals surface area contributed by atoms with Crippen molar-refractivity contribution >= 4 is 5.91 Å². The summed E-state index contributed by atoms with van der Waals surface area (Å²) in [6.45, 7) is 3.25. The van der Waals surface area contributed by atoms with Crippen molar-refractivity contribution in [1.82, 2.24) is 10.2 Å². The van der Waals surface area contributed by atoms with Crippen LogP contribution in [0.3, 0.4) is 0 Å². The first-order valence-corrected chi connectivity index (χ1v) is 6.36. The molecule has 2 aliphatic heterocycles. The van der Waals surface area contributed by atoms with E-state index in [9.17, 15) is 9.18 Å². The average molecular weight is 228 g/mol. The Morgan fingerprint density at radius 2 is 2.06 bits per heavy atom. The van der Waals surface area contributed by atoms with Gasteiger partial charge in [0.2, 0.25) is 5.91 Å². The maximum Gasteiger partial charge on any atom is 0.227 e. The van der Waals surface area contributed by atoms with Crippen molar-refractivity contribution in [3.05, 3.63) is 0 Å². The van der Waals surface area contributed by atoms with E-state index in [1.54, 1.807) is 0 Å². The Labute approximate surface area is 96.4 Å². The topological polar surface area (TPSA) is 32.3 Å². The fraction of sp³-hybridized carbons (Fsp3) is 0.917. The van der Waals surface area contributed by atoms with Crippen LogP contribution >= 0.6 is 0 Å². The zero-order chi connectivity index (χ0) is 11.4. The van der Waals surface area contributed by atoms with Crippen LogP contribution in [0, 0.1) is 11.8 Å². The van der Waals surface area contributed by atoms with Crippen LogP contribution in [0.15, 0.2) is 0 Å². The second kappa shape index (κ2) is 5.62. The summed E-state index contributed by atoms with van der Waals surface area (Å²) in [5.41, 5.74) is 0. The number of carbonyl (C=O) groups excluding carboxylic acids is 1. The number of alkyl halides is 1. The molecule has 0 aromatic rings. The molecule has 1 amide bonds. The predicted molar refractivity (Wildman–Crippen MR) is 60.9 cm³/mol. The third-order valence-corrected chi connectivity index (χ3v) is 3.85. The number of likely N-dealkylation sites (tertiary alicyclic amines) is 1. The van der Waals surface area contributed by atoms with Crippen molar-refractivity contribution in [3.8, 4) is 0 Å². The SMILES string of the molecule is O=C([C@H]1CCNC1)N1CCC(CCF)CC1. The molecule has 2 fully saturated rings. The summed E-state index contributed by atoms with van der Waals surface area (Å²) >= 11 is 0. The highest BCUT2D eigenvalue weighted by molar-refractivity contribution is 5.79. The lowest BCUT2D eigenvalue weighted by atomic mass is 9.93. The molecule has 2 saturated heterocycles. The third kappa shape index (κ3) is 2.73. The minimum Gasteiger partial charge on any atom is -0.342 e. The summed E-state index contributed by atoms with van der Waals surface area (Å²) in [7, 11) is 0. The van der Waals surface area contributed by atoms with Gasteiger partial charge >= 0.3 is 0 Å². The predicted octanol–water partition coefficient (Wildman–Crippen LogP) is 1.19. The normalized spacial score (nSPS) is 27.3. The van der Waals surface area contributed by atoms with Crippen LogP contribution in [0.4, 0.5) is 4.39 Å². The zero-order valence-corrected chi connectivity index (χ0v) is 9.75. The lowest BCUT2D eigenvalue weighted by Crippen LogP contribution is -2.42. The highest BCUT2D eigenvalue weighted by atomic mass is 19.1. The van der Waals surface area contributed by atoms with Crippen LogP contribution in [0.25, 0.3) is 0 Å². The number of nitrogens with one attached hydrogen (secondary N) is 1. The first-order valence-electron chi connectivity index (χ1n) is 6.36. The Kier molecular flexibility index (Phi) is 4.16. The molecule has 0 saturated carbocycles. The van der Waals surface area contributed by atoms with Gasteiger partial charge in [0.1, 0.15) is 0 Å². The van der Waals surface area contributed by atoms with Crippen LogP contribution in [-0.2, 0) is 4.79 Å². The maximum absolute atomic E-state index is 12.2. The van der Waals surface area contributed by atoms with E-state index >= 15 is 0 Å². The molecule has 2 rings (SSSR count). The summed E-state index contributed by atoms with van der Waals surface area (Å²) in [6, 6.07) is 0. The summed E-state index contributed by atoms with van der Waals surface area (Å²) in [4.78, 5) is 14.1. The van der Waals surface area contributed by atoms with Crippen molar-refractivity contribution < 1.29 is 9.18 Å². The number of hydrogen-bond donors (Lipinski definition) is 1. The molecule has 2 heterocycles. The number of piperidine rings is 1. The van der Waals surface area contributed by atoms with E-state index in [4.69, 9.17) is 0 Å². The molecule has 0 bridgehead atoms. The van der Waals surface area contributed by atoms with E-state index < -0.39 is 0 Å². The van der Waals surface area contributed by atoms with Crippen molar-refractivity contribution in [2.75, 3.05) is 32.9 Å². The van der Waals surface area contributed by atoms with Gasteiger partial charge in [0.05, 0.1) is 12.6 Å². The summed E-state index contributed by atoms with van der Waals surface area (Å²) in [5.74, 6) is 0.997. The lowest BCUT2D eigenvalue weighted by Gasteiger charge is -2.33. The van der Waals surface area contributed by atoms with Gasteiger partial charge < -0.3 is 10.2 Å². The third-order valence-electron chi connectivity index (χ3n) is 3.85. The van der Waals surface area contributed by atoms with Crippen molar-refractivity contribution in [1.29, 1.82) is 0 Å². The molecule has 1 atom stereocenters. The number of hydrogen-bond acceptors (Lipinski definition) is 2. The molecule has 4 heteroatoms. The average Bonchev–Trinajstić information content (AvgIpc) is 2.83. The van der Waals surface area contributed by atoms with Gasteiger partial charge in [-0.1, -0.05) is 0 Å². The molecule has 0 aromatic heterocycles. The summed E-state index contributed by atoms with van der Waals surface area (Å²) in [6.07, 6.45) is 3.61. The molecule has 92 valence electrons. The molecule has 0 spiro atoms. The Morgan fingerprint density at radius 1 is 1.31 bits per heavy atom. The van der Waals surface area contributed by atoms with Crippen LogP contribution < -0.4 is 5.32 Å². The van der Waals surface area contributed by atoms with Crippen molar-refractivity contribution in [2.24, 2.45) is 11.8 Å². The molecular weight excluding hydrogens is 207 g/mol. The fourth-order valence-corrected chi connectivity index (χ4v) is 2.72. The second-order valence-corrected chi connectivity index (χ2v) is 4.94. The van der Waals surface area contributed by atoms with Gasteiger partial charge in [0.25, 0.3) is 0 Å². The van der Waals surface area contributed by atoms with E-state index in [2.05, 4.69) is 5.32 Å². The second-order valence-electron chi connectivity index (χ2n) is 4.94. The van der Waals surface area contributed by atoms with Gasteiger partial charge in [-0.2, -0.15) is 0 Å². The molecule has 0 radical (unpaired) electrons. The van der Waals surface area contributed by atoms with Gasteiger partial charge in [-0.3, -0.25) is 9.18 Å². The molecule has 0 aromatic carbocycles. The zero-order valence-electron chi connectivity index (χ0n) is 9.75. The Balaban J connectivity index is 1.77. The quantitative estimate of drug-likeness (QED) is 0.787. The van der Waals surface area contributed by atoms with E-state index in [-0.39, 0.29) is 12.6 Å².